The lowest BCUT2D eigenvalue weighted by atomic mass is 9.44. The number of ether oxygens (including phenoxy) is 1. The van der Waals surface area contributed by atoms with E-state index in [1.165, 1.54) is 0 Å². The molecule has 0 saturated heterocycles. The number of methoxy groups -OCH3 is 1. The second kappa shape index (κ2) is 7.15. The van der Waals surface area contributed by atoms with Crippen molar-refractivity contribution >= 4 is 0 Å². The Balaban J connectivity index is 2.45. The van der Waals surface area contributed by atoms with Gasteiger partial charge in [-0.15, -0.1) is 0 Å². The van der Waals surface area contributed by atoms with Gasteiger partial charge in [-0.3, -0.25) is 0 Å². The van der Waals surface area contributed by atoms with E-state index < -0.39 is 17.8 Å². The van der Waals surface area contributed by atoms with Crippen molar-refractivity contribution in [3.05, 3.63) is 23.8 Å². The molecular formula is C21H36O4. The van der Waals surface area contributed by atoms with Crippen LogP contribution in [0.1, 0.15) is 53.9 Å². The quantitative estimate of drug-likeness (QED) is 0.680. The highest BCUT2D eigenvalue weighted by Crippen LogP contribution is 2.62. The van der Waals surface area contributed by atoms with E-state index in [0.717, 1.165) is 24.8 Å². The summed E-state index contributed by atoms with van der Waals surface area (Å²) in [6.45, 7) is 10.7. The van der Waals surface area contributed by atoms with Crippen LogP contribution in [0.15, 0.2) is 23.8 Å². The normalized spacial score (nSPS) is 44.8. The molecule has 0 unspecified atom stereocenters. The first kappa shape index (κ1) is 20.6. The highest BCUT2D eigenvalue weighted by Gasteiger charge is 2.64. The van der Waals surface area contributed by atoms with Gasteiger partial charge in [0.05, 0.1) is 18.3 Å². The SMILES string of the molecule is COC/C=C(C)\C=C\[C@H]1[C@](C)(O)[C@@H](O)[C@H](O)[C@H]2C(C)(C)CCC[C@@]21C. The highest BCUT2D eigenvalue weighted by molar-refractivity contribution is 5.24. The van der Waals surface area contributed by atoms with Crippen molar-refractivity contribution < 1.29 is 20.1 Å². The smallest absolute Gasteiger partial charge is 0.109 e. The molecule has 2 rings (SSSR count). The first-order valence-electron chi connectivity index (χ1n) is 9.41. The lowest BCUT2D eigenvalue weighted by molar-refractivity contribution is -0.255. The van der Waals surface area contributed by atoms with Crippen molar-refractivity contribution in [2.45, 2.75) is 71.7 Å². The molecule has 0 heterocycles. The molecular weight excluding hydrogens is 316 g/mol. The predicted molar refractivity (Wildman–Crippen MR) is 100 cm³/mol. The number of aliphatic hydroxyl groups excluding tert-OH is 2. The summed E-state index contributed by atoms with van der Waals surface area (Å²) in [7, 11) is 1.66. The molecule has 4 nitrogen and oxygen atoms in total. The summed E-state index contributed by atoms with van der Waals surface area (Å²) in [6.07, 6.45) is 7.01. The van der Waals surface area contributed by atoms with Crippen molar-refractivity contribution in [1.29, 1.82) is 0 Å². The Kier molecular flexibility index (Phi) is 5.90. The average Bonchev–Trinajstić information content (AvgIpc) is 2.49. The third kappa shape index (κ3) is 3.59. The maximum atomic E-state index is 11.1. The summed E-state index contributed by atoms with van der Waals surface area (Å²) in [5.74, 6) is -0.282. The van der Waals surface area contributed by atoms with Crippen LogP contribution in [-0.2, 0) is 4.74 Å². The summed E-state index contributed by atoms with van der Waals surface area (Å²) in [5.41, 5.74) is -0.636. The second-order valence-electron chi connectivity index (χ2n) is 9.23. The van der Waals surface area contributed by atoms with E-state index in [4.69, 9.17) is 4.74 Å². The van der Waals surface area contributed by atoms with E-state index in [1.54, 1.807) is 14.0 Å². The Morgan fingerprint density at radius 3 is 2.40 bits per heavy atom. The lowest BCUT2D eigenvalue weighted by Gasteiger charge is -2.63. The molecule has 0 aromatic carbocycles. The van der Waals surface area contributed by atoms with Crippen LogP contribution in [0.3, 0.4) is 0 Å². The summed E-state index contributed by atoms with van der Waals surface area (Å²) in [4.78, 5) is 0. The molecule has 144 valence electrons. The molecule has 0 aliphatic heterocycles. The zero-order valence-electron chi connectivity index (χ0n) is 16.6. The fourth-order valence-electron chi connectivity index (χ4n) is 5.65. The molecule has 0 radical (unpaired) electrons. The molecule has 2 aliphatic rings. The van der Waals surface area contributed by atoms with Crippen LogP contribution in [-0.4, -0.2) is 46.8 Å². The van der Waals surface area contributed by atoms with E-state index in [0.29, 0.717) is 6.61 Å². The van der Waals surface area contributed by atoms with E-state index in [2.05, 4.69) is 20.8 Å². The van der Waals surface area contributed by atoms with Crippen LogP contribution in [0.25, 0.3) is 0 Å². The molecule has 0 bridgehead atoms. The standard InChI is InChI=1S/C21H36O4/c1-14(10-13-25-6)8-9-15-20(4)12-7-11-19(2,3)17(20)16(22)18(23)21(15,5)24/h8-10,15-18,22-24H,7,11-13H2,1-6H3/b9-8+,14-10-/t15-,16-,17+,18+,20-,21+/m1/s1. The molecule has 0 spiro atoms. The van der Waals surface area contributed by atoms with Gasteiger partial charge in [0, 0.05) is 13.0 Å². The maximum absolute atomic E-state index is 11.1. The minimum absolute atomic E-state index is 0.0538. The van der Waals surface area contributed by atoms with Gasteiger partial charge in [-0.2, -0.15) is 0 Å². The van der Waals surface area contributed by atoms with Crippen LogP contribution in [0.4, 0.5) is 0 Å². The van der Waals surface area contributed by atoms with Crippen molar-refractivity contribution in [3.8, 4) is 0 Å². The number of allylic oxidation sites excluding steroid dienone is 2. The van der Waals surface area contributed by atoms with E-state index in [-0.39, 0.29) is 22.7 Å². The van der Waals surface area contributed by atoms with Gasteiger partial charge in [0.2, 0.25) is 0 Å². The van der Waals surface area contributed by atoms with Gasteiger partial charge < -0.3 is 20.1 Å². The molecule has 4 heteroatoms. The fraction of sp³-hybridized carbons (Fsp3) is 0.810. The molecule has 3 N–H and O–H groups in total. The van der Waals surface area contributed by atoms with Gasteiger partial charge in [0.1, 0.15) is 6.10 Å². The number of aliphatic hydroxyl groups is 3. The number of rotatable bonds is 4. The lowest BCUT2D eigenvalue weighted by Crippen LogP contribution is -2.69. The monoisotopic (exact) mass is 352 g/mol. The van der Waals surface area contributed by atoms with Crippen LogP contribution >= 0.6 is 0 Å². The Bertz CT molecular complexity index is 534. The molecule has 2 saturated carbocycles. The third-order valence-electron chi connectivity index (χ3n) is 6.82. The Hall–Kier alpha value is -0.680. The zero-order chi connectivity index (χ0) is 19.0. The molecule has 0 aromatic rings. The molecule has 0 amide bonds. The van der Waals surface area contributed by atoms with Crippen molar-refractivity contribution in [2.75, 3.05) is 13.7 Å². The molecule has 0 aromatic heterocycles. The maximum Gasteiger partial charge on any atom is 0.109 e. The van der Waals surface area contributed by atoms with Crippen LogP contribution in [0.5, 0.6) is 0 Å². The largest absolute Gasteiger partial charge is 0.390 e. The van der Waals surface area contributed by atoms with Crippen molar-refractivity contribution in [2.24, 2.45) is 22.7 Å². The van der Waals surface area contributed by atoms with Crippen LogP contribution in [0.2, 0.25) is 0 Å². The van der Waals surface area contributed by atoms with E-state index >= 15 is 0 Å². The molecule has 2 fully saturated rings. The van der Waals surface area contributed by atoms with Gasteiger partial charge in [0.25, 0.3) is 0 Å². The van der Waals surface area contributed by atoms with Crippen LogP contribution in [0, 0.1) is 22.7 Å². The minimum atomic E-state index is -1.36. The van der Waals surface area contributed by atoms with E-state index in [9.17, 15) is 15.3 Å². The Labute approximate surface area is 152 Å². The fourth-order valence-corrected chi connectivity index (χ4v) is 5.65. The third-order valence-corrected chi connectivity index (χ3v) is 6.82. The average molecular weight is 353 g/mol. The first-order chi connectivity index (χ1) is 11.5. The topological polar surface area (TPSA) is 69.9 Å². The molecule has 6 atom stereocenters. The summed E-state index contributed by atoms with van der Waals surface area (Å²) in [6, 6.07) is 0. The molecule has 2 aliphatic carbocycles. The molecule has 25 heavy (non-hydrogen) atoms. The minimum Gasteiger partial charge on any atom is -0.390 e. The summed E-state index contributed by atoms with van der Waals surface area (Å²) >= 11 is 0. The number of hydrogen-bond acceptors (Lipinski definition) is 4. The number of fused-ring (bicyclic) bond motifs is 1. The van der Waals surface area contributed by atoms with Gasteiger partial charge in [-0.25, -0.2) is 0 Å². The van der Waals surface area contributed by atoms with Gasteiger partial charge in [-0.05, 0) is 43.4 Å². The predicted octanol–water partition coefficient (Wildman–Crippen LogP) is 3.07. The Morgan fingerprint density at radius 2 is 1.80 bits per heavy atom. The Morgan fingerprint density at radius 1 is 1.16 bits per heavy atom. The van der Waals surface area contributed by atoms with Crippen molar-refractivity contribution in [1.82, 2.24) is 0 Å². The van der Waals surface area contributed by atoms with E-state index in [1.807, 2.05) is 25.2 Å². The summed E-state index contributed by atoms with van der Waals surface area (Å²) in [5, 5.41) is 32.7. The second-order valence-corrected chi connectivity index (χ2v) is 9.23. The first-order valence-corrected chi connectivity index (χ1v) is 9.41. The van der Waals surface area contributed by atoms with Crippen molar-refractivity contribution in [3.63, 3.8) is 0 Å². The highest BCUT2D eigenvalue weighted by atomic mass is 16.5. The van der Waals surface area contributed by atoms with Gasteiger partial charge >= 0.3 is 0 Å². The van der Waals surface area contributed by atoms with Crippen LogP contribution < -0.4 is 0 Å². The number of hydrogen-bond donors (Lipinski definition) is 3. The zero-order valence-corrected chi connectivity index (χ0v) is 16.6. The van der Waals surface area contributed by atoms with Gasteiger partial charge in [0.15, 0.2) is 0 Å². The van der Waals surface area contributed by atoms with Gasteiger partial charge in [-0.1, -0.05) is 51.0 Å². The summed E-state index contributed by atoms with van der Waals surface area (Å²) < 4.78 is 5.08.